The minimum Gasteiger partial charge on any atom is -0.478 e. The monoisotopic (exact) mass is 498 g/mol. The Morgan fingerprint density at radius 3 is 2.56 bits per heavy atom. The molecule has 0 aromatic heterocycles. The maximum atomic E-state index is 13.6. The number of fused-ring (bicyclic) bond motifs is 3. The minimum absolute atomic E-state index is 0.00947. The Kier molecular flexibility index (Phi) is 5.95. The predicted octanol–water partition coefficient (Wildman–Crippen LogP) is 6.47. The molecule has 34 heavy (non-hydrogen) atoms. The molecule has 5 atom stereocenters. The Morgan fingerprint density at radius 1 is 1.12 bits per heavy atom. The second kappa shape index (κ2) is 8.92. The standard InChI is InChI=1S/C25H20ClFN2O4S/c26-22-20(34-19-7-2-1-6-18(19)29(32)33)12-17-21(22)15-4-3-5-16(25(30)31)24(15)28-23(17)13-8-10-14(27)11-9-13/h1-11,17,20-23,28H,12H2,(H,30,31)/t17-,20+,21-,22+,23-/m1/s1. The molecule has 1 fully saturated rings. The molecular formula is C25H20ClFN2O4S. The molecule has 0 amide bonds. The van der Waals surface area contributed by atoms with Crippen molar-refractivity contribution in [1.29, 1.82) is 0 Å². The Morgan fingerprint density at radius 2 is 1.85 bits per heavy atom. The second-order valence-corrected chi connectivity index (χ2v) is 10.3. The number of rotatable bonds is 5. The van der Waals surface area contributed by atoms with Crippen LogP contribution in [0.1, 0.15) is 39.9 Å². The van der Waals surface area contributed by atoms with Crippen molar-refractivity contribution in [2.45, 2.75) is 33.9 Å². The lowest BCUT2D eigenvalue weighted by molar-refractivity contribution is -0.387. The van der Waals surface area contributed by atoms with Gasteiger partial charge in [-0.3, -0.25) is 10.1 Å². The lowest BCUT2D eigenvalue weighted by Gasteiger charge is -2.39. The topological polar surface area (TPSA) is 92.5 Å². The van der Waals surface area contributed by atoms with Crippen LogP contribution in [0.3, 0.4) is 0 Å². The summed E-state index contributed by atoms with van der Waals surface area (Å²) >= 11 is 8.43. The van der Waals surface area contributed by atoms with Gasteiger partial charge in [0.2, 0.25) is 0 Å². The van der Waals surface area contributed by atoms with E-state index in [1.165, 1.54) is 30.0 Å². The maximum Gasteiger partial charge on any atom is 0.337 e. The molecule has 3 aromatic rings. The number of anilines is 1. The average molecular weight is 499 g/mol. The summed E-state index contributed by atoms with van der Waals surface area (Å²) in [5.74, 6) is -1.58. The third-order valence-electron chi connectivity index (χ3n) is 6.65. The number of nitro benzene ring substituents is 1. The van der Waals surface area contributed by atoms with Gasteiger partial charge in [-0.1, -0.05) is 36.4 Å². The number of nitrogens with zero attached hydrogens (tertiary/aromatic N) is 1. The number of halogens is 2. The van der Waals surface area contributed by atoms with Crippen LogP contribution in [0, 0.1) is 21.8 Å². The molecule has 9 heteroatoms. The molecule has 2 aliphatic rings. The molecule has 1 aliphatic heterocycles. The zero-order chi connectivity index (χ0) is 24.0. The van der Waals surface area contributed by atoms with Crippen LogP contribution in [0.25, 0.3) is 0 Å². The molecule has 0 spiro atoms. The third kappa shape index (κ3) is 3.91. The molecule has 1 heterocycles. The Bertz CT molecular complexity index is 1270. The SMILES string of the molecule is O=C(O)c1cccc2c1N[C@H](c1ccc(F)cc1)[C@@H]1C[C@H](Sc3ccccc3[N+](=O)[O-])[C@H](Cl)[C@H]21. The van der Waals surface area contributed by atoms with Gasteiger partial charge in [-0.2, -0.15) is 0 Å². The normalized spacial score (nSPS) is 25.2. The summed E-state index contributed by atoms with van der Waals surface area (Å²) in [6, 6.07) is 17.6. The molecular weight excluding hydrogens is 479 g/mol. The van der Waals surface area contributed by atoms with Gasteiger partial charge in [0.05, 0.1) is 32.5 Å². The Hall–Kier alpha value is -3.10. The van der Waals surface area contributed by atoms with Crippen molar-refractivity contribution >= 4 is 40.7 Å². The number of benzene rings is 3. The summed E-state index contributed by atoms with van der Waals surface area (Å²) in [4.78, 5) is 23.6. The van der Waals surface area contributed by atoms with E-state index in [2.05, 4.69) is 5.32 Å². The molecule has 1 aliphatic carbocycles. The molecule has 5 rings (SSSR count). The van der Waals surface area contributed by atoms with Crippen LogP contribution < -0.4 is 5.32 Å². The number of nitro groups is 1. The molecule has 1 saturated carbocycles. The van der Waals surface area contributed by atoms with E-state index in [0.29, 0.717) is 17.0 Å². The molecule has 174 valence electrons. The van der Waals surface area contributed by atoms with Crippen LogP contribution in [0.5, 0.6) is 0 Å². The Labute approximate surface area is 204 Å². The van der Waals surface area contributed by atoms with Crippen LogP contribution in [0.2, 0.25) is 0 Å². The number of alkyl halides is 1. The van der Waals surface area contributed by atoms with Gasteiger partial charge in [-0.05, 0) is 47.7 Å². The molecule has 0 bridgehead atoms. The van der Waals surface area contributed by atoms with Crippen molar-refractivity contribution < 1.29 is 19.2 Å². The highest BCUT2D eigenvalue weighted by atomic mass is 35.5. The molecule has 0 unspecified atom stereocenters. The van der Waals surface area contributed by atoms with Crippen LogP contribution in [0.4, 0.5) is 15.8 Å². The third-order valence-corrected chi connectivity index (χ3v) is 8.76. The van der Waals surface area contributed by atoms with Gasteiger partial charge in [0, 0.05) is 17.2 Å². The van der Waals surface area contributed by atoms with Crippen LogP contribution in [0.15, 0.2) is 71.6 Å². The van der Waals surface area contributed by atoms with Crippen LogP contribution in [-0.2, 0) is 0 Å². The summed E-state index contributed by atoms with van der Waals surface area (Å²) < 4.78 is 13.6. The number of para-hydroxylation sites is 2. The van der Waals surface area contributed by atoms with Crippen molar-refractivity contribution in [3.05, 3.63) is 99.4 Å². The van der Waals surface area contributed by atoms with Gasteiger partial charge in [0.25, 0.3) is 5.69 Å². The summed E-state index contributed by atoms with van der Waals surface area (Å²) in [7, 11) is 0. The molecule has 6 nitrogen and oxygen atoms in total. The predicted molar refractivity (Wildman–Crippen MR) is 129 cm³/mol. The van der Waals surface area contributed by atoms with Gasteiger partial charge in [0.1, 0.15) is 5.82 Å². The number of hydrogen-bond acceptors (Lipinski definition) is 5. The van der Waals surface area contributed by atoms with Crippen molar-refractivity contribution in [1.82, 2.24) is 0 Å². The summed E-state index contributed by atoms with van der Waals surface area (Å²) in [6.07, 6.45) is 0.654. The fraction of sp³-hybridized carbons (Fsp3) is 0.240. The smallest absolute Gasteiger partial charge is 0.337 e. The van der Waals surface area contributed by atoms with E-state index >= 15 is 0 Å². The van der Waals surface area contributed by atoms with E-state index < -0.39 is 10.9 Å². The molecule has 0 radical (unpaired) electrons. The van der Waals surface area contributed by atoms with Gasteiger partial charge in [-0.15, -0.1) is 23.4 Å². The number of nitrogens with one attached hydrogen (secondary N) is 1. The van der Waals surface area contributed by atoms with Crippen LogP contribution >= 0.6 is 23.4 Å². The summed E-state index contributed by atoms with van der Waals surface area (Å²) in [6.45, 7) is 0. The number of thioether (sulfide) groups is 1. The maximum absolute atomic E-state index is 13.6. The molecule has 2 N–H and O–H groups in total. The number of hydrogen-bond donors (Lipinski definition) is 2. The first-order valence-electron chi connectivity index (χ1n) is 10.8. The fourth-order valence-electron chi connectivity index (χ4n) is 5.19. The van der Waals surface area contributed by atoms with Gasteiger partial charge in [0.15, 0.2) is 0 Å². The van der Waals surface area contributed by atoms with Crippen molar-refractivity contribution in [2.24, 2.45) is 5.92 Å². The van der Waals surface area contributed by atoms with Crippen molar-refractivity contribution in [3.63, 3.8) is 0 Å². The van der Waals surface area contributed by atoms with E-state index in [1.807, 2.05) is 6.07 Å². The van der Waals surface area contributed by atoms with Crippen molar-refractivity contribution in [2.75, 3.05) is 5.32 Å². The largest absolute Gasteiger partial charge is 0.478 e. The van der Waals surface area contributed by atoms with Crippen molar-refractivity contribution in [3.8, 4) is 0 Å². The summed E-state index contributed by atoms with van der Waals surface area (Å²) in [5.41, 5.74) is 2.37. The summed E-state index contributed by atoms with van der Waals surface area (Å²) in [5, 5.41) is 24.2. The lowest BCUT2D eigenvalue weighted by atomic mass is 9.76. The van der Waals surface area contributed by atoms with E-state index in [1.54, 1.807) is 42.5 Å². The number of carboxylic acids is 1. The highest BCUT2D eigenvalue weighted by molar-refractivity contribution is 8.00. The van der Waals surface area contributed by atoms with E-state index in [9.17, 15) is 24.4 Å². The Balaban J connectivity index is 1.57. The first kappa shape index (κ1) is 22.7. The molecule has 3 aromatic carbocycles. The second-order valence-electron chi connectivity index (χ2n) is 8.50. The van der Waals surface area contributed by atoms with E-state index in [-0.39, 0.29) is 45.6 Å². The first-order chi connectivity index (χ1) is 16.3. The van der Waals surface area contributed by atoms with Gasteiger partial charge in [-0.25, -0.2) is 9.18 Å². The lowest BCUT2D eigenvalue weighted by Crippen LogP contribution is -2.32. The highest BCUT2D eigenvalue weighted by Crippen LogP contribution is 2.58. The zero-order valence-corrected chi connectivity index (χ0v) is 19.3. The number of aromatic carboxylic acids is 1. The van der Waals surface area contributed by atoms with E-state index in [0.717, 1.165) is 11.1 Å². The number of carbonyl (C=O) groups is 1. The highest BCUT2D eigenvalue weighted by Gasteiger charge is 2.51. The minimum atomic E-state index is -1.05. The number of carboxylic acid groups (broad SMARTS) is 1. The average Bonchev–Trinajstić information content (AvgIpc) is 3.15. The fourth-order valence-corrected chi connectivity index (χ4v) is 7.14. The van der Waals surface area contributed by atoms with E-state index in [4.69, 9.17) is 11.6 Å². The molecule has 0 saturated heterocycles. The van der Waals surface area contributed by atoms with Gasteiger partial charge >= 0.3 is 5.97 Å². The van der Waals surface area contributed by atoms with Crippen LogP contribution in [-0.4, -0.2) is 26.6 Å². The zero-order valence-electron chi connectivity index (χ0n) is 17.7. The first-order valence-corrected chi connectivity index (χ1v) is 12.1. The van der Waals surface area contributed by atoms with Gasteiger partial charge < -0.3 is 10.4 Å². The quantitative estimate of drug-likeness (QED) is 0.238.